The van der Waals surface area contributed by atoms with Crippen LogP contribution in [0.5, 0.6) is 11.5 Å². The summed E-state index contributed by atoms with van der Waals surface area (Å²) < 4.78 is 5.35. The standard InChI is InChI=1S/C24H18N4O4/c29-17-7-3-5-15(11-17)23-13-20(27-32-23)24(31)28-21(18-8-1-2-9-22(18)30)12-19(26-28)16-6-4-10-25-14-16/h1-11,13-14,21,29-30H,12H2. The van der Waals surface area contributed by atoms with Crippen molar-refractivity contribution in [3.8, 4) is 22.8 Å². The quantitative estimate of drug-likeness (QED) is 0.507. The third-order valence-corrected chi connectivity index (χ3v) is 5.27. The molecule has 2 aromatic heterocycles. The molecule has 0 spiro atoms. The number of para-hydroxylation sites is 1. The fourth-order valence-corrected chi connectivity index (χ4v) is 3.71. The monoisotopic (exact) mass is 426 g/mol. The Morgan fingerprint density at radius 2 is 1.84 bits per heavy atom. The summed E-state index contributed by atoms with van der Waals surface area (Å²) >= 11 is 0. The number of phenolic OH excluding ortho intramolecular Hbond substituents is 2. The molecule has 0 aliphatic carbocycles. The average molecular weight is 426 g/mol. The van der Waals surface area contributed by atoms with E-state index in [0.717, 1.165) is 5.56 Å². The van der Waals surface area contributed by atoms with Gasteiger partial charge >= 0.3 is 0 Å². The van der Waals surface area contributed by atoms with Crippen LogP contribution in [0, 0.1) is 0 Å². The summed E-state index contributed by atoms with van der Waals surface area (Å²) in [7, 11) is 0. The molecular weight excluding hydrogens is 408 g/mol. The number of benzene rings is 2. The molecule has 0 bridgehead atoms. The number of phenols is 2. The number of aromatic nitrogens is 2. The molecular formula is C24H18N4O4. The van der Waals surface area contributed by atoms with E-state index in [9.17, 15) is 15.0 Å². The molecule has 1 aliphatic heterocycles. The number of hydrazone groups is 1. The summed E-state index contributed by atoms with van der Waals surface area (Å²) in [5.74, 6) is 0.0431. The predicted molar refractivity (Wildman–Crippen MR) is 116 cm³/mol. The fourth-order valence-electron chi connectivity index (χ4n) is 3.71. The molecule has 8 nitrogen and oxygen atoms in total. The number of aromatic hydroxyl groups is 2. The van der Waals surface area contributed by atoms with Gasteiger partial charge in [-0.25, -0.2) is 5.01 Å². The summed E-state index contributed by atoms with van der Waals surface area (Å²) in [6.07, 6.45) is 3.76. The van der Waals surface area contributed by atoms with Crippen molar-refractivity contribution in [2.75, 3.05) is 0 Å². The third kappa shape index (κ3) is 3.58. The first-order valence-corrected chi connectivity index (χ1v) is 9.95. The van der Waals surface area contributed by atoms with Crippen molar-refractivity contribution in [2.24, 2.45) is 5.10 Å². The molecule has 2 aromatic carbocycles. The second-order valence-electron chi connectivity index (χ2n) is 7.34. The highest BCUT2D eigenvalue weighted by atomic mass is 16.5. The molecule has 1 amide bonds. The Kier molecular flexibility index (Phi) is 4.87. The van der Waals surface area contributed by atoms with E-state index in [-0.39, 0.29) is 17.2 Å². The van der Waals surface area contributed by atoms with Crippen LogP contribution in [0.15, 0.2) is 88.7 Å². The normalized spacial score (nSPS) is 15.6. The van der Waals surface area contributed by atoms with E-state index >= 15 is 0 Å². The van der Waals surface area contributed by atoms with Gasteiger partial charge in [-0.1, -0.05) is 41.6 Å². The van der Waals surface area contributed by atoms with Crippen molar-refractivity contribution in [3.63, 3.8) is 0 Å². The Balaban J connectivity index is 1.52. The zero-order valence-electron chi connectivity index (χ0n) is 16.8. The van der Waals surface area contributed by atoms with E-state index in [1.54, 1.807) is 60.9 Å². The van der Waals surface area contributed by atoms with Crippen molar-refractivity contribution in [3.05, 3.63) is 95.9 Å². The number of hydrogen-bond acceptors (Lipinski definition) is 7. The lowest BCUT2D eigenvalue weighted by Crippen LogP contribution is -2.27. The van der Waals surface area contributed by atoms with Crippen LogP contribution >= 0.6 is 0 Å². The van der Waals surface area contributed by atoms with Crippen LogP contribution in [0.1, 0.15) is 34.1 Å². The minimum Gasteiger partial charge on any atom is -0.508 e. The number of rotatable bonds is 4. The average Bonchev–Trinajstić information content (AvgIpc) is 3.48. The Morgan fingerprint density at radius 3 is 2.62 bits per heavy atom. The molecule has 158 valence electrons. The zero-order valence-corrected chi connectivity index (χ0v) is 16.8. The summed E-state index contributed by atoms with van der Waals surface area (Å²) in [5.41, 5.74) is 2.72. The number of carbonyl (C=O) groups is 1. The highest BCUT2D eigenvalue weighted by molar-refractivity contribution is 6.04. The van der Waals surface area contributed by atoms with Crippen LogP contribution in [0.4, 0.5) is 0 Å². The van der Waals surface area contributed by atoms with Crippen LogP contribution in [0.2, 0.25) is 0 Å². The van der Waals surface area contributed by atoms with E-state index in [1.165, 1.54) is 17.1 Å². The third-order valence-electron chi connectivity index (χ3n) is 5.27. The van der Waals surface area contributed by atoms with E-state index < -0.39 is 11.9 Å². The van der Waals surface area contributed by atoms with E-state index in [0.29, 0.717) is 29.0 Å². The summed E-state index contributed by atoms with van der Waals surface area (Å²) in [5, 5.41) is 29.9. The summed E-state index contributed by atoms with van der Waals surface area (Å²) in [6, 6.07) is 18.0. The molecule has 0 fully saturated rings. The summed E-state index contributed by atoms with van der Waals surface area (Å²) in [6.45, 7) is 0. The number of hydrogen-bond donors (Lipinski definition) is 2. The van der Waals surface area contributed by atoms with Crippen LogP contribution in [0.25, 0.3) is 11.3 Å². The van der Waals surface area contributed by atoms with E-state index in [2.05, 4.69) is 15.2 Å². The highest BCUT2D eigenvalue weighted by Crippen LogP contribution is 2.38. The van der Waals surface area contributed by atoms with Crippen LogP contribution in [0.3, 0.4) is 0 Å². The number of nitrogens with zero attached hydrogens (tertiary/aromatic N) is 4. The van der Waals surface area contributed by atoms with Crippen molar-refractivity contribution < 1.29 is 19.5 Å². The minimum atomic E-state index is -0.514. The molecule has 3 heterocycles. The SMILES string of the molecule is O=C(c1cc(-c2cccc(O)c2)on1)N1N=C(c2cccnc2)CC1c1ccccc1O. The first-order valence-electron chi connectivity index (χ1n) is 9.95. The number of pyridine rings is 1. The van der Waals surface area contributed by atoms with Crippen LogP contribution in [-0.4, -0.2) is 37.0 Å². The van der Waals surface area contributed by atoms with Gasteiger partial charge in [-0.2, -0.15) is 5.10 Å². The molecule has 4 aromatic rings. The van der Waals surface area contributed by atoms with Crippen LogP contribution < -0.4 is 0 Å². The Morgan fingerprint density at radius 1 is 1.00 bits per heavy atom. The van der Waals surface area contributed by atoms with Crippen LogP contribution in [-0.2, 0) is 0 Å². The van der Waals surface area contributed by atoms with E-state index in [1.807, 2.05) is 6.07 Å². The van der Waals surface area contributed by atoms with Gasteiger partial charge in [0, 0.05) is 41.6 Å². The maximum absolute atomic E-state index is 13.4. The lowest BCUT2D eigenvalue weighted by atomic mass is 9.98. The lowest BCUT2D eigenvalue weighted by Gasteiger charge is -2.21. The smallest absolute Gasteiger partial charge is 0.296 e. The number of carbonyl (C=O) groups excluding carboxylic acids is 1. The van der Waals surface area contributed by atoms with Gasteiger partial charge in [0.1, 0.15) is 11.5 Å². The molecule has 1 unspecified atom stereocenters. The van der Waals surface area contributed by atoms with Gasteiger partial charge in [0.15, 0.2) is 11.5 Å². The maximum atomic E-state index is 13.4. The van der Waals surface area contributed by atoms with Gasteiger partial charge < -0.3 is 14.7 Å². The Labute approximate surface area is 183 Å². The van der Waals surface area contributed by atoms with Gasteiger partial charge in [-0.05, 0) is 24.3 Å². The predicted octanol–water partition coefficient (Wildman–Crippen LogP) is 4.14. The number of amides is 1. The lowest BCUT2D eigenvalue weighted by molar-refractivity contribution is 0.0699. The zero-order chi connectivity index (χ0) is 22.1. The summed E-state index contributed by atoms with van der Waals surface area (Å²) in [4.78, 5) is 17.5. The molecule has 0 radical (unpaired) electrons. The van der Waals surface area contributed by atoms with Gasteiger partial charge in [0.05, 0.1) is 11.8 Å². The Hall–Kier alpha value is -4.46. The van der Waals surface area contributed by atoms with Gasteiger partial charge in [-0.3, -0.25) is 9.78 Å². The molecule has 8 heteroatoms. The van der Waals surface area contributed by atoms with Crippen molar-refractivity contribution in [2.45, 2.75) is 12.5 Å². The molecule has 0 saturated carbocycles. The first-order chi connectivity index (χ1) is 15.6. The van der Waals surface area contributed by atoms with Gasteiger partial charge in [-0.15, -0.1) is 0 Å². The van der Waals surface area contributed by atoms with Gasteiger partial charge in [0.2, 0.25) is 0 Å². The maximum Gasteiger partial charge on any atom is 0.296 e. The van der Waals surface area contributed by atoms with Gasteiger partial charge in [0.25, 0.3) is 5.91 Å². The molecule has 1 aliphatic rings. The Bertz CT molecular complexity index is 1320. The fraction of sp³-hybridized carbons (Fsp3) is 0.0833. The molecule has 1 atom stereocenters. The minimum absolute atomic E-state index is 0.0694. The molecule has 5 rings (SSSR count). The second-order valence-corrected chi connectivity index (χ2v) is 7.34. The highest BCUT2D eigenvalue weighted by Gasteiger charge is 2.36. The second kappa shape index (κ2) is 7.99. The van der Waals surface area contributed by atoms with Crippen molar-refractivity contribution >= 4 is 11.6 Å². The molecule has 32 heavy (non-hydrogen) atoms. The van der Waals surface area contributed by atoms with E-state index in [4.69, 9.17) is 4.52 Å². The topological polar surface area (TPSA) is 112 Å². The van der Waals surface area contributed by atoms with Crippen molar-refractivity contribution in [1.82, 2.24) is 15.1 Å². The molecule has 2 N–H and O–H groups in total. The molecule has 0 saturated heterocycles. The largest absolute Gasteiger partial charge is 0.508 e. The van der Waals surface area contributed by atoms with Crippen molar-refractivity contribution in [1.29, 1.82) is 0 Å². The first kappa shape index (κ1) is 19.5.